The first-order chi connectivity index (χ1) is 9.72. The average molecular weight is 269 g/mol. The average Bonchev–Trinajstić information content (AvgIpc) is 2.84. The van der Waals surface area contributed by atoms with Crippen LogP contribution >= 0.6 is 0 Å². The van der Waals surface area contributed by atoms with Gasteiger partial charge in [-0.25, -0.2) is 0 Å². The minimum Gasteiger partial charge on any atom is -0.352 e. The summed E-state index contributed by atoms with van der Waals surface area (Å²) >= 11 is 0. The number of carbonyl (C=O) groups is 1. The zero-order valence-corrected chi connectivity index (χ0v) is 11.6. The quantitative estimate of drug-likeness (QED) is 0.891. The highest BCUT2D eigenvalue weighted by molar-refractivity contribution is 5.82. The molecule has 4 nitrogen and oxygen atoms in total. The molecule has 0 spiro atoms. The van der Waals surface area contributed by atoms with Gasteiger partial charge >= 0.3 is 0 Å². The Hall–Kier alpha value is -1.94. The molecule has 1 aromatic heterocycles. The second kappa shape index (κ2) is 5.59. The van der Waals surface area contributed by atoms with E-state index in [1.807, 2.05) is 25.1 Å². The highest BCUT2D eigenvalue weighted by atomic mass is 16.1. The molecule has 1 aliphatic rings. The van der Waals surface area contributed by atoms with Crippen molar-refractivity contribution in [3.8, 4) is 0 Å². The summed E-state index contributed by atoms with van der Waals surface area (Å²) in [6, 6.07) is 10.6. The molecule has 4 heteroatoms. The predicted octanol–water partition coefficient (Wildman–Crippen LogP) is 1.91. The van der Waals surface area contributed by atoms with Crippen LogP contribution in [0.3, 0.4) is 0 Å². The van der Waals surface area contributed by atoms with E-state index in [0.29, 0.717) is 6.42 Å². The second-order valence-corrected chi connectivity index (χ2v) is 5.37. The zero-order valence-electron chi connectivity index (χ0n) is 11.6. The Labute approximate surface area is 118 Å². The molecule has 0 saturated carbocycles. The third kappa shape index (κ3) is 2.80. The van der Waals surface area contributed by atoms with Gasteiger partial charge in [0.2, 0.25) is 5.91 Å². The summed E-state index contributed by atoms with van der Waals surface area (Å²) in [5.74, 6) is 0.169. The Morgan fingerprint density at radius 1 is 1.40 bits per heavy atom. The van der Waals surface area contributed by atoms with Crippen LogP contribution in [0.5, 0.6) is 0 Å². The molecular formula is C16H19N3O. The predicted molar refractivity (Wildman–Crippen MR) is 79.4 cm³/mol. The molecule has 0 radical (unpaired) electrons. The molecule has 1 aliphatic heterocycles. The van der Waals surface area contributed by atoms with Crippen LogP contribution in [-0.4, -0.2) is 23.5 Å². The van der Waals surface area contributed by atoms with Crippen LogP contribution in [-0.2, 0) is 11.3 Å². The fourth-order valence-corrected chi connectivity index (χ4v) is 2.75. The summed E-state index contributed by atoms with van der Waals surface area (Å²) in [6.45, 7) is 3.64. The fraction of sp³-hybridized carbons (Fsp3) is 0.375. The van der Waals surface area contributed by atoms with E-state index in [1.165, 1.54) is 10.9 Å². The molecule has 3 rings (SSSR count). The van der Waals surface area contributed by atoms with Crippen molar-refractivity contribution in [3.05, 3.63) is 41.6 Å². The van der Waals surface area contributed by atoms with Gasteiger partial charge in [-0.2, -0.15) is 0 Å². The van der Waals surface area contributed by atoms with Gasteiger partial charge in [-0.1, -0.05) is 18.2 Å². The molecule has 0 bridgehead atoms. The van der Waals surface area contributed by atoms with Crippen molar-refractivity contribution >= 4 is 16.8 Å². The molecule has 1 aromatic carbocycles. The van der Waals surface area contributed by atoms with E-state index in [9.17, 15) is 4.79 Å². The molecule has 1 unspecified atom stereocenters. The maximum atomic E-state index is 11.2. The monoisotopic (exact) mass is 269 g/mol. The molecule has 1 amide bonds. The standard InChI is InChI=1S/C16H19N3O/c1-11-8-12(14-4-2-3-5-15(14)18-11)9-17-10-13-6-7-16(20)19-13/h2-5,8,13,17H,6-7,9-10H2,1H3,(H,19,20). The van der Waals surface area contributed by atoms with Crippen molar-refractivity contribution in [1.82, 2.24) is 15.6 Å². The van der Waals surface area contributed by atoms with E-state index >= 15 is 0 Å². The Balaban J connectivity index is 1.69. The first-order valence-electron chi connectivity index (χ1n) is 7.08. The largest absolute Gasteiger partial charge is 0.352 e. The normalized spacial score (nSPS) is 18.4. The zero-order chi connectivity index (χ0) is 13.9. The molecule has 1 fully saturated rings. The summed E-state index contributed by atoms with van der Waals surface area (Å²) in [6.07, 6.45) is 1.59. The topological polar surface area (TPSA) is 54.0 Å². The van der Waals surface area contributed by atoms with E-state index < -0.39 is 0 Å². The lowest BCUT2D eigenvalue weighted by molar-refractivity contribution is -0.119. The number of aryl methyl sites for hydroxylation is 1. The minimum atomic E-state index is 0.169. The molecule has 20 heavy (non-hydrogen) atoms. The number of aromatic nitrogens is 1. The van der Waals surface area contributed by atoms with Gasteiger partial charge in [0.15, 0.2) is 0 Å². The van der Waals surface area contributed by atoms with Crippen molar-refractivity contribution in [3.63, 3.8) is 0 Å². The molecule has 2 aromatic rings. The van der Waals surface area contributed by atoms with Crippen molar-refractivity contribution < 1.29 is 4.79 Å². The number of pyridine rings is 1. The van der Waals surface area contributed by atoms with Crippen LogP contribution in [0.15, 0.2) is 30.3 Å². The smallest absolute Gasteiger partial charge is 0.220 e. The highest BCUT2D eigenvalue weighted by Gasteiger charge is 2.19. The van der Waals surface area contributed by atoms with Gasteiger partial charge in [0.25, 0.3) is 0 Å². The van der Waals surface area contributed by atoms with Crippen LogP contribution in [0.1, 0.15) is 24.1 Å². The molecule has 1 atom stereocenters. The van der Waals surface area contributed by atoms with Crippen LogP contribution in [0.2, 0.25) is 0 Å². The Bertz CT molecular complexity index is 639. The Kier molecular flexibility index (Phi) is 3.65. The number of nitrogens with zero attached hydrogens (tertiary/aromatic N) is 1. The first kappa shape index (κ1) is 13.1. The third-order valence-electron chi connectivity index (χ3n) is 3.72. The number of hydrogen-bond acceptors (Lipinski definition) is 3. The van der Waals surface area contributed by atoms with E-state index in [4.69, 9.17) is 0 Å². The third-order valence-corrected chi connectivity index (χ3v) is 3.72. The van der Waals surface area contributed by atoms with Crippen LogP contribution in [0.25, 0.3) is 10.9 Å². The molecule has 2 N–H and O–H groups in total. The van der Waals surface area contributed by atoms with Crippen LogP contribution < -0.4 is 10.6 Å². The SMILES string of the molecule is Cc1cc(CNCC2CCC(=O)N2)c2ccccc2n1. The summed E-state index contributed by atoms with van der Waals surface area (Å²) in [7, 11) is 0. The van der Waals surface area contributed by atoms with Crippen molar-refractivity contribution in [2.75, 3.05) is 6.54 Å². The number of carbonyl (C=O) groups excluding carboxylic acids is 1. The van der Waals surface area contributed by atoms with E-state index in [-0.39, 0.29) is 11.9 Å². The summed E-state index contributed by atoms with van der Waals surface area (Å²) < 4.78 is 0. The number of para-hydroxylation sites is 1. The summed E-state index contributed by atoms with van der Waals surface area (Å²) in [4.78, 5) is 15.7. The van der Waals surface area contributed by atoms with Crippen molar-refractivity contribution in [2.45, 2.75) is 32.4 Å². The number of benzene rings is 1. The maximum absolute atomic E-state index is 11.2. The van der Waals surface area contributed by atoms with Crippen LogP contribution in [0, 0.1) is 6.92 Å². The van der Waals surface area contributed by atoms with Gasteiger partial charge in [0.05, 0.1) is 5.52 Å². The second-order valence-electron chi connectivity index (χ2n) is 5.37. The Morgan fingerprint density at radius 3 is 3.05 bits per heavy atom. The number of fused-ring (bicyclic) bond motifs is 1. The summed E-state index contributed by atoms with van der Waals surface area (Å²) in [5.41, 5.74) is 3.34. The fourth-order valence-electron chi connectivity index (χ4n) is 2.75. The van der Waals surface area contributed by atoms with Gasteiger partial charge in [-0.05, 0) is 31.0 Å². The van der Waals surface area contributed by atoms with E-state index in [0.717, 1.165) is 30.7 Å². The Morgan fingerprint density at radius 2 is 2.25 bits per heavy atom. The van der Waals surface area contributed by atoms with Crippen LogP contribution in [0.4, 0.5) is 0 Å². The molecule has 2 heterocycles. The van der Waals surface area contributed by atoms with Gasteiger partial charge in [0.1, 0.15) is 0 Å². The van der Waals surface area contributed by atoms with Crippen molar-refractivity contribution in [2.24, 2.45) is 0 Å². The van der Waals surface area contributed by atoms with E-state index in [1.54, 1.807) is 0 Å². The number of amides is 1. The van der Waals surface area contributed by atoms with Gasteiger partial charge in [-0.15, -0.1) is 0 Å². The minimum absolute atomic E-state index is 0.169. The van der Waals surface area contributed by atoms with Gasteiger partial charge in [-0.3, -0.25) is 9.78 Å². The molecule has 0 aliphatic carbocycles. The molecule has 104 valence electrons. The molecular weight excluding hydrogens is 250 g/mol. The van der Waals surface area contributed by atoms with Gasteiger partial charge in [0, 0.05) is 36.6 Å². The molecule has 1 saturated heterocycles. The summed E-state index contributed by atoms with van der Waals surface area (Å²) in [5, 5.41) is 7.61. The lowest BCUT2D eigenvalue weighted by Gasteiger charge is -2.13. The number of rotatable bonds is 4. The number of nitrogens with one attached hydrogen (secondary N) is 2. The highest BCUT2D eigenvalue weighted by Crippen LogP contribution is 2.18. The lowest BCUT2D eigenvalue weighted by atomic mass is 10.1. The lowest BCUT2D eigenvalue weighted by Crippen LogP contribution is -2.35. The van der Waals surface area contributed by atoms with Gasteiger partial charge < -0.3 is 10.6 Å². The first-order valence-corrected chi connectivity index (χ1v) is 7.08. The maximum Gasteiger partial charge on any atom is 0.220 e. The van der Waals surface area contributed by atoms with Crippen molar-refractivity contribution in [1.29, 1.82) is 0 Å². The van der Waals surface area contributed by atoms with E-state index in [2.05, 4.69) is 27.8 Å². The number of hydrogen-bond donors (Lipinski definition) is 2.